The molecule has 0 aliphatic heterocycles. The Balaban J connectivity index is 3.51. The van der Waals surface area contributed by atoms with E-state index in [2.05, 4.69) is 0 Å². The first kappa shape index (κ1) is 12.5. The van der Waals surface area contributed by atoms with E-state index in [1.807, 2.05) is 11.9 Å². The number of Topliss-reactive ketones (excluding diaryl/α,β-unsaturated/α-hetero) is 1. The van der Waals surface area contributed by atoms with Gasteiger partial charge in [-0.2, -0.15) is 0 Å². The molecule has 0 radical (unpaired) electrons. The molecule has 0 spiro atoms. The molecular formula is C9H12ClN3O3. The maximum atomic E-state index is 11.4. The molecular weight excluding hydrogens is 234 g/mol. The molecule has 0 aliphatic rings. The number of ketones is 1. The van der Waals surface area contributed by atoms with Crippen LogP contribution in [0.1, 0.15) is 23.7 Å². The lowest BCUT2D eigenvalue weighted by Gasteiger charge is -2.09. The fourth-order valence-electron chi connectivity index (χ4n) is 1.37. The van der Waals surface area contributed by atoms with Crippen LogP contribution in [0, 0.1) is 0 Å². The van der Waals surface area contributed by atoms with Gasteiger partial charge in [-0.25, -0.2) is 4.79 Å². The minimum Gasteiger partial charge on any atom is -0.384 e. The number of hydrogen-bond donors (Lipinski definition) is 2. The number of carbonyl (C=O) groups is 1. The molecule has 1 aromatic heterocycles. The van der Waals surface area contributed by atoms with Crippen LogP contribution in [0.4, 0.5) is 5.82 Å². The predicted octanol–water partition coefficient (Wildman–Crippen LogP) is -0.0497. The van der Waals surface area contributed by atoms with E-state index < -0.39 is 17.0 Å². The molecule has 1 aromatic rings. The average molecular weight is 246 g/mol. The fourth-order valence-corrected chi connectivity index (χ4v) is 1.50. The highest BCUT2D eigenvalue weighted by Gasteiger charge is 2.17. The van der Waals surface area contributed by atoms with Gasteiger partial charge >= 0.3 is 5.69 Å². The molecule has 0 bridgehead atoms. The minimum atomic E-state index is -0.791. The molecule has 0 aliphatic carbocycles. The first-order chi connectivity index (χ1) is 7.52. The molecule has 3 N–H and O–H groups in total. The van der Waals surface area contributed by atoms with Gasteiger partial charge in [0.2, 0.25) is 0 Å². The molecule has 1 heterocycles. The van der Waals surface area contributed by atoms with Crippen molar-refractivity contribution < 1.29 is 4.79 Å². The molecule has 0 atom stereocenters. The van der Waals surface area contributed by atoms with Gasteiger partial charge in [-0.3, -0.25) is 19.1 Å². The van der Waals surface area contributed by atoms with E-state index in [1.165, 1.54) is 0 Å². The van der Waals surface area contributed by atoms with Crippen LogP contribution in [0.25, 0.3) is 0 Å². The van der Waals surface area contributed by atoms with Crippen molar-refractivity contribution >= 4 is 23.2 Å². The number of hydrogen-bond acceptors (Lipinski definition) is 4. The van der Waals surface area contributed by atoms with Crippen molar-refractivity contribution in [3.63, 3.8) is 0 Å². The van der Waals surface area contributed by atoms with Crippen molar-refractivity contribution in [3.8, 4) is 0 Å². The monoisotopic (exact) mass is 245 g/mol. The highest BCUT2D eigenvalue weighted by atomic mass is 35.5. The molecule has 0 saturated carbocycles. The lowest BCUT2D eigenvalue weighted by Crippen LogP contribution is -2.36. The number of alkyl halides is 1. The van der Waals surface area contributed by atoms with Gasteiger partial charge in [0.25, 0.3) is 5.56 Å². The van der Waals surface area contributed by atoms with Crippen LogP contribution < -0.4 is 17.0 Å². The van der Waals surface area contributed by atoms with E-state index in [4.69, 9.17) is 17.3 Å². The van der Waals surface area contributed by atoms with Crippen molar-refractivity contribution in [2.75, 3.05) is 11.6 Å². The summed E-state index contributed by atoms with van der Waals surface area (Å²) in [5, 5.41) is 0. The minimum absolute atomic E-state index is 0.124. The molecule has 6 nitrogen and oxygen atoms in total. The summed E-state index contributed by atoms with van der Waals surface area (Å²) in [6, 6.07) is 0. The molecule has 0 amide bonds. The van der Waals surface area contributed by atoms with Crippen LogP contribution in [0.5, 0.6) is 0 Å². The molecule has 0 aromatic carbocycles. The van der Waals surface area contributed by atoms with Gasteiger partial charge in [0.1, 0.15) is 11.4 Å². The zero-order chi connectivity index (χ0) is 12.3. The van der Waals surface area contributed by atoms with Crippen molar-refractivity contribution in [3.05, 3.63) is 26.4 Å². The van der Waals surface area contributed by atoms with Crippen LogP contribution in [0.3, 0.4) is 0 Å². The van der Waals surface area contributed by atoms with E-state index in [-0.39, 0.29) is 17.3 Å². The summed E-state index contributed by atoms with van der Waals surface area (Å²) in [6.45, 7) is 2.18. The molecule has 88 valence electrons. The van der Waals surface area contributed by atoms with E-state index in [0.29, 0.717) is 13.0 Å². The largest absolute Gasteiger partial charge is 0.384 e. The van der Waals surface area contributed by atoms with Gasteiger partial charge in [0, 0.05) is 6.54 Å². The highest BCUT2D eigenvalue weighted by Crippen LogP contribution is 2.06. The summed E-state index contributed by atoms with van der Waals surface area (Å²) in [7, 11) is 0. The van der Waals surface area contributed by atoms with E-state index in [9.17, 15) is 14.4 Å². The van der Waals surface area contributed by atoms with Crippen LogP contribution in [0.15, 0.2) is 9.59 Å². The number of rotatable bonds is 4. The predicted molar refractivity (Wildman–Crippen MR) is 61.1 cm³/mol. The topological polar surface area (TPSA) is 97.9 Å². The van der Waals surface area contributed by atoms with Gasteiger partial charge in [0.05, 0.1) is 5.88 Å². The number of carbonyl (C=O) groups excluding carboxylic acids is 1. The van der Waals surface area contributed by atoms with Gasteiger partial charge in [0.15, 0.2) is 5.78 Å². The number of nitrogens with one attached hydrogen (secondary N) is 1. The zero-order valence-corrected chi connectivity index (χ0v) is 9.50. The van der Waals surface area contributed by atoms with Crippen molar-refractivity contribution in [2.45, 2.75) is 19.9 Å². The number of aromatic nitrogens is 2. The second-order valence-electron chi connectivity index (χ2n) is 3.23. The number of nitrogen functional groups attached to an aromatic ring is 1. The third-order valence-electron chi connectivity index (χ3n) is 2.09. The third kappa shape index (κ3) is 2.16. The molecule has 0 saturated heterocycles. The fraction of sp³-hybridized carbons (Fsp3) is 0.444. The number of anilines is 1. The number of nitrogens with two attached hydrogens (primary N) is 1. The van der Waals surface area contributed by atoms with Gasteiger partial charge < -0.3 is 5.73 Å². The first-order valence-corrected chi connectivity index (χ1v) is 5.28. The van der Waals surface area contributed by atoms with Crippen molar-refractivity contribution in [1.29, 1.82) is 0 Å². The van der Waals surface area contributed by atoms with Crippen molar-refractivity contribution in [2.24, 2.45) is 0 Å². The van der Waals surface area contributed by atoms with Crippen LogP contribution in [0.2, 0.25) is 0 Å². The quantitative estimate of drug-likeness (QED) is 0.574. The number of H-pyrrole nitrogens is 1. The Bertz CT molecular complexity index is 518. The second-order valence-corrected chi connectivity index (χ2v) is 3.50. The Kier molecular flexibility index (Phi) is 3.89. The van der Waals surface area contributed by atoms with Crippen molar-refractivity contribution in [1.82, 2.24) is 9.55 Å². The summed E-state index contributed by atoms with van der Waals surface area (Å²) in [5.74, 6) is -1.07. The lowest BCUT2D eigenvalue weighted by molar-refractivity contribution is 0.101. The highest BCUT2D eigenvalue weighted by molar-refractivity contribution is 6.30. The summed E-state index contributed by atoms with van der Waals surface area (Å²) < 4.78 is 1.15. The standard InChI is InChI=1S/C9H12ClN3O3/c1-2-3-13-7(11)6(5(14)4-10)8(15)12-9(13)16/h2-4,11H2,1H3,(H,12,15,16). The van der Waals surface area contributed by atoms with Crippen LogP contribution in [-0.4, -0.2) is 21.2 Å². The van der Waals surface area contributed by atoms with Gasteiger partial charge in [-0.05, 0) is 6.42 Å². The Hall–Kier alpha value is -1.56. The zero-order valence-electron chi connectivity index (χ0n) is 8.75. The van der Waals surface area contributed by atoms with E-state index >= 15 is 0 Å². The Morgan fingerprint density at radius 3 is 2.62 bits per heavy atom. The SMILES string of the molecule is CCCn1c(N)c(C(=O)CCl)c(=O)[nH]c1=O. The Morgan fingerprint density at radius 2 is 2.12 bits per heavy atom. The summed E-state index contributed by atoms with van der Waals surface area (Å²) in [5.41, 5.74) is 3.96. The maximum Gasteiger partial charge on any atom is 0.329 e. The molecule has 0 fully saturated rings. The maximum absolute atomic E-state index is 11.4. The van der Waals surface area contributed by atoms with Gasteiger partial charge in [-0.15, -0.1) is 11.6 Å². The molecule has 16 heavy (non-hydrogen) atoms. The summed E-state index contributed by atoms with van der Waals surface area (Å²) >= 11 is 5.35. The molecule has 0 unspecified atom stereocenters. The second kappa shape index (κ2) is 4.98. The summed E-state index contributed by atoms with van der Waals surface area (Å²) in [4.78, 5) is 36.2. The number of halogens is 1. The van der Waals surface area contributed by atoms with Crippen LogP contribution in [-0.2, 0) is 6.54 Å². The van der Waals surface area contributed by atoms with E-state index in [0.717, 1.165) is 4.57 Å². The number of aromatic amines is 1. The molecule has 1 rings (SSSR count). The Morgan fingerprint density at radius 1 is 1.50 bits per heavy atom. The molecule has 7 heteroatoms. The smallest absolute Gasteiger partial charge is 0.329 e. The summed E-state index contributed by atoms with van der Waals surface area (Å²) in [6.07, 6.45) is 0.657. The number of nitrogens with zero attached hydrogens (tertiary/aromatic N) is 1. The van der Waals surface area contributed by atoms with Crippen LogP contribution >= 0.6 is 11.6 Å². The Labute approximate surface area is 96.0 Å². The first-order valence-electron chi connectivity index (χ1n) is 4.74. The van der Waals surface area contributed by atoms with E-state index in [1.54, 1.807) is 0 Å². The normalized spacial score (nSPS) is 10.4. The average Bonchev–Trinajstić information content (AvgIpc) is 2.23. The van der Waals surface area contributed by atoms with Gasteiger partial charge in [-0.1, -0.05) is 6.92 Å². The lowest BCUT2D eigenvalue weighted by atomic mass is 10.2. The third-order valence-corrected chi connectivity index (χ3v) is 2.33.